The standard InChI is InChI=1S/C14H18FN3O/c1-3-7-16-14-17-8-9-18(14)11-5-6-13(19-4-2)12(15)10-11/h5-6,8-10H,3-4,7H2,1-2H3,(H,16,17). The van der Waals surface area contributed by atoms with Crippen LogP contribution >= 0.6 is 0 Å². The largest absolute Gasteiger partial charge is 0.491 e. The number of rotatable bonds is 6. The summed E-state index contributed by atoms with van der Waals surface area (Å²) in [6, 6.07) is 4.90. The molecule has 5 heteroatoms. The Labute approximate surface area is 112 Å². The van der Waals surface area contributed by atoms with Gasteiger partial charge in [0.05, 0.1) is 12.3 Å². The van der Waals surface area contributed by atoms with Gasteiger partial charge >= 0.3 is 0 Å². The van der Waals surface area contributed by atoms with Crippen molar-refractivity contribution >= 4 is 5.95 Å². The smallest absolute Gasteiger partial charge is 0.207 e. The molecule has 0 bridgehead atoms. The van der Waals surface area contributed by atoms with Crippen molar-refractivity contribution in [2.24, 2.45) is 0 Å². The maximum atomic E-state index is 13.8. The van der Waals surface area contributed by atoms with E-state index in [9.17, 15) is 4.39 Å². The predicted molar refractivity (Wildman–Crippen MR) is 73.5 cm³/mol. The second kappa shape index (κ2) is 6.22. The average molecular weight is 263 g/mol. The minimum Gasteiger partial charge on any atom is -0.491 e. The molecule has 1 aromatic carbocycles. The van der Waals surface area contributed by atoms with E-state index in [0.717, 1.165) is 18.7 Å². The number of imidazole rings is 1. The summed E-state index contributed by atoms with van der Waals surface area (Å²) in [5.41, 5.74) is 0.719. The van der Waals surface area contributed by atoms with E-state index in [1.807, 2.05) is 17.6 Å². The zero-order chi connectivity index (χ0) is 13.7. The van der Waals surface area contributed by atoms with Crippen molar-refractivity contribution < 1.29 is 9.13 Å². The summed E-state index contributed by atoms with van der Waals surface area (Å²) in [5, 5.41) is 3.20. The van der Waals surface area contributed by atoms with Gasteiger partial charge in [-0.25, -0.2) is 9.37 Å². The average Bonchev–Trinajstić information content (AvgIpc) is 2.87. The molecule has 0 saturated heterocycles. The van der Waals surface area contributed by atoms with Gasteiger partial charge in [-0.3, -0.25) is 4.57 Å². The number of halogens is 1. The van der Waals surface area contributed by atoms with E-state index in [-0.39, 0.29) is 11.6 Å². The van der Waals surface area contributed by atoms with E-state index in [1.165, 1.54) is 6.07 Å². The summed E-state index contributed by atoms with van der Waals surface area (Å²) < 4.78 is 20.8. The van der Waals surface area contributed by atoms with E-state index in [2.05, 4.69) is 17.2 Å². The van der Waals surface area contributed by atoms with E-state index < -0.39 is 0 Å². The maximum absolute atomic E-state index is 13.8. The van der Waals surface area contributed by atoms with Crippen LogP contribution in [0.25, 0.3) is 5.69 Å². The summed E-state index contributed by atoms with van der Waals surface area (Å²) in [7, 11) is 0. The van der Waals surface area contributed by atoms with E-state index >= 15 is 0 Å². The Morgan fingerprint density at radius 1 is 1.37 bits per heavy atom. The van der Waals surface area contributed by atoms with Crippen LogP contribution in [0.2, 0.25) is 0 Å². The Hall–Kier alpha value is -2.04. The van der Waals surface area contributed by atoms with Crippen molar-refractivity contribution in [3.63, 3.8) is 0 Å². The minimum absolute atomic E-state index is 0.273. The molecule has 2 aromatic rings. The molecule has 2 rings (SSSR count). The molecule has 1 aromatic heterocycles. The molecular weight excluding hydrogens is 245 g/mol. The lowest BCUT2D eigenvalue weighted by atomic mass is 10.3. The van der Waals surface area contributed by atoms with Crippen molar-refractivity contribution in [2.45, 2.75) is 20.3 Å². The fourth-order valence-electron chi connectivity index (χ4n) is 1.79. The number of ether oxygens (including phenoxy) is 1. The normalized spacial score (nSPS) is 10.5. The molecule has 0 aliphatic rings. The van der Waals surface area contributed by atoms with Gasteiger partial charge in [0.1, 0.15) is 0 Å². The van der Waals surface area contributed by atoms with Gasteiger partial charge in [-0.2, -0.15) is 0 Å². The number of benzene rings is 1. The Bertz CT molecular complexity index is 539. The van der Waals surface area contributed by atoms with Gasteiger partial charge in [0, 0.05) is 25.0 Å². The van der Waals surface area contributed by atoms with Crippen LogP contribution in [0.4, 0.5) is 10.3 Å². The first kappa shape index (κ1) is 13.4. The lowest BCUT2D eigenvalue weighted by Gasteiger charge is -2.11. The SMILES string of the molecule is CCCNc1nccn1-c1ccc(OCC)c(F)c1. The quantitative estimate of drug-likeness (QED) is 0.869. The monoisotopic (exact) mass is 263 g/mol. The second-order valence-electron chi connectivity index (χ2n) is 4.10. The van der Waals surface area contributed by atoms with Gasteiger partial charge in [-0.05, 0) is 25.5 Å². The van der Waals surface area contributed by atoms with Crippen LogP contribution in [0.1, 0.15) is 20.3 Å². The van der Waals surface area contributed by atoms with Crippen molar-refractivity contribution in [1.29, 1.82) is 0 Å². The van der Waals surface area contributed by atoms with E-state index in [4.69, 9.17) is 4.74 Å². The number of hydrogen-bond donors (Lipinski definition) is 1. The van der Waals surface area contributed by atoms with Crippen molar-refractivity contribution in [3.8, 4) is 11.4 Å². The summed E-state index contributed by atoms with van der Waals surface area (Å²) in [4.78, 5) is 4.22. The summed E-state index contributed by atoms with van der Waals surface area (Å²) in [6.45, 7) is 5.19. The Balaban J connectivity index is 2.26. The Morgan fingerprint density at radius 2 is 2.21 bits per heavy atom. The molecule has 0 radical (unpaired) electrons. The third kappa shape index (κ3) is 3.05. The minimum atomic E-state index is -0.366. The topological polar surface area (TPSA) is 39.1 Å². The van der Waals surface area contributed by atoms with Gasteiger partial charge in [0.15, 0.2) is 11.6 Å². The van der Waals surface area contributed by atoms with Crippen LogP contribution in [-0.2, 0) is 0 Å². The molecule has 0 amide bonds. The second-order valence-corrected chi connectivity index (χ2v) is 4.10. The zero-order valence-corrected chi connectivity index (χ0v) is 11.2. The molecule has 1 heterocycles. The Kier molecular flexibility index (Phi) is 4.39. The highest BCUT2D eigenvalue weighted by Crippen LogP contribution is 2.22. The molecule has 0 aliphatic carbocycles. The molecular formula is C14H18FN3O. The van der Waals surface area contributed by atoms with Crippen molar-refractivity contribution in [2.75, 3.05) is 18.5 Å². The van der Waals surface area contributed by atoms with Crippen LogP contribution in [0.5, 0.6) is 5.75 Å². The zero-order valence-electron chi connectivity index (χ0n) is 11.2. The van der Waals surface area contributed by atoms with Gasteiger partial charge in [-0.15, -0.1) is 0 Å². The van der Waals surface area contributed by atoms with Crippen molar-refractivity contribution in [3.05, 3.63) is 36.4 Å². The first-order valence-electron chi connectivity index (χ1n) is 6.46. The summed E-state index contributed by atoms with van der Waals surface area (Å²) in [5.74, 6) is 0.620. The predicted octanol–water partition coefficient (Wildman–Crippen LogP) is 3.23. The van der Waals surface area contributed by atoms with Gasteiger partial charge in [0.25, 0.3) is 0 Å². The molecule has 0 fully saturated rings. The number of nitrogens with zero attached hydrogens (tertiary/aromatic N) is 2. The molecule has 102 valence electrons. The maximum Gasteiger partial charge on any atom is 0.207 e. The van der Waals surface area contributed by atoms with Crippen LogP contribution in [0, 0.1) is 5.82 Å². The highest BCUT2D eigenvalue weighted by molar-refractivity contribution is 5.44. The number of hydrogen-bond acceptors (Lipinski definition) is 3. The fourth-order valence-corrected chi connectivity index (χ4v) is 1.79. The Morgan fingerprint density at radius 3 is 2.89 bits per heavy atom. The molecule has 0 unspecified atom stereocenters. The lowest BCUT2D eigenvalue weighted by molar-refractivity contribution is 0.321. The van der Waals surface area contributed by atoms with Gasteiger partial charge in [-0.1, -0.05) is 6.92 Å². The third-order valence-corrected chi connectivity index (χ3v) is 2.67. The third-order valence-electron chi connectivity index (χ3n) is 2.67. The van der Waals surface area contributed by atoms with Crippen LogP contribution in [-0.4, -0.2) is 22.7 Å². The highest BCUT2D eigenvalue weighted by Gasteiger charge is 2.08. The van der Waals surface area contributed by atoms with E-state index in [0.29, 0.717) is 12.6 Å². The first-order valence-corrected chi connectivity index (χ1v) is 6.46. The van der Waals surface area contributed by atoms with Crippen LogP contribution in [0.15, 0.2) is 30.6 Å². The number of anilines is 1. The van der Waals surface area contributed by atoms with E-state index in [1.54, 1.807) is 18.5 Å². The fraction of sp³-hybridized carbons (Fsp3) is 0.357. The first-order chi connectivity index (χ1) is 9.26. The van der Waals surface area contributed by atoms with Gasteiger partial charge in [0.2, 0.25) is 5.95 Å². The number of aromatic nitrogens is 2. The molecule has 4 nitrogen and oxygen atoms in total. The highest BCUT2D eigenvalue weighted by atomic mass is 19.1. The summed E-state index contributed by atoms with van der Waals surface area (Å²) >= 11 is 0. The molecule has 0 atom stereocenters. The van der Waals surface area contributed by atoms with Crippen LogP contribution < -0.4 is 10.1 Å². The molecule has 0 aliphatic heterocycles. The van der Waals surface area contributed by atoms with Gasteiger partial charge < -0.3 is 10.1 Å². The lowest BCUT2D eigenvalue weighted by Crippen LogP contribution is -2.07. The number of nitrogens with one attached hydrogen (secondary N) is 1. The van der Waals surface area contributed by atoms with Crippen molar-refractivity contribution in [1.82, 2.24) is 9.55 Å². The summed E-state index contributed by atoms with van der Waals surface area (Å²) in [6.07, 6.45) is 4.49. The molecule has 0 spiro atoms. The molecule has 19 heavy (non-hydrogen) atoms. The van der Waals surface area contributed by atoms with Crippen LogP contribution in [0.3, 0.4) is 0 Å². The molecule has 0 saturated carbocycles. The molecule has 1 N–H and O–H groups in total.